The van der Waals surface area contributed by atoms with Gasteiger partial charge >= 0.3 is 0 Å². The Morgan fingerprint density at radius 3 is 2.27 bits per heavy atom. The number of aliphatic hydroxyl groups is 1. The minimum atomic E-state index is -0.834. The lowest BCUT2D eigenvalue weighted by atomic mass is 9.86. The first-order chi connectivity index (χ1) is 10.8. The van der Waals surface area contributed by atoms with Crippen molar-refractivity contribution < 1.29 is 14.6 Å². The van der Waals surface area contributed by atoms with Crippen molar-refractivity contribution in [1.29, 1.82) is 0 Å². The number of ether oxygens (including phenoxy) is 2. The fourth-order valence-corrected chi connectivity index (χ4v) is 2.49. The largest absolute Gasteiger partial charge is 0.494 e. The van der Waals surface area contributed by atoms with E-state index < -0.39 is 6.10 Å². The number of rotatable bonds is 6. The van der Waals surface area contributed by atoms with Gasteiger partial charge in [0.25, 0.3) is 0 Å². The lowest BCUT2D eigenvalue weighted by molar-refractivity contribution is 0.0454. The summed E-state index contributed by atoms with van der Waals surface area (Å²) in [5.74, 6) is 1.73. The maximum atomic E-state index is 10.5. The van der Waals surface area contributed by atoms with Crippen LogP contribution in [0.1, 0.15) is 24.8 Å². The lowest BCUT2D eigenvalue weighted by Crippen LogP contribution is -2.22. The zero-order valence-corrected chi connectivity index (χ0v) is 12.7. The Balaban J connectivity index is 1.57. The summed E-state index contributed by atoms with van der Waals surface area (Å²) in [5.41, 5.74) is 1.07. The van der Waals surface area contributed by atoms with Crippen LogP contribution in [0.2, 0.25) is 0 Å². The molecule has 0 aromatic heterocycles. The molecule has 3 rings (SSSR count). The van der Waals surface area contributed by atoms with E-state index in [1.54, 1.807) is 6.08 Å². The van der Waals surface area contributed by atoms with Crippen molar-refractivity contribution in [3.05, 3.63) is 71.7 Å². The molecule has 0 aliphatic heterocycles. The number of hydrogen-bond acceptors (Lipinski definition) is 3. The van der Waals surface area contributed by atoms with Crippen molar-refractivity contribution >= 4 is 0 Å². The first-order valence-corrected chi connectivity index (χ1v) is 7.89. The number of aliphatic hydroxyl groups excluding tert-OH is 1. The summed E-state index contributed by atoms with van der Waals surface area (Å²) in [6, 6.07) is 9.93. The maximum Gasteiger partial charge on any atom is 0.168 e. The second-order valence-corrected chi connectivity index (χ2v) is 5.81. The van der Waals surface area contributed by atoms with Gasteiger partial charge in [0.1, 0.15) is 18.1 Å². The van der Waals surface area contributed by atoms with Gasteiger partial charge in [0, 0.05) is 0 Å². The number of allylic oxidation sites excluding steroid dienone is 4. The van der Waals surface area contributed by atoms with Gasteiger partial charge in [-0.1, -0.05) is 48.9 Å². The van der Waals surface area contributed by atoms with E-state index in [9.17, 15) is 5.11 Å². The predicted molar refractivity (Wildman–Crippen MR) is 85.8 cm³/mol. The molecule has 1 saturated carbocycles. The standard InChI is InChI=1S/C19H22O3/c20-19-17(21-13-15-7-2-1-3-8-15)11-4-5-12-18(19)22-14-16-9-6-10-16/h1-5,7-8,11-12,16,19-20H,6,9-10,13-14H2. The highest BCUT2D eigenvalue weighted by atomic mass is 16.5. The van der Waals surface area contributed by atoms with E-state index in [1.165, 1.54) is 19.3 Å². The molecule has 2 aliphatic rings. The molecule has 0 saturated heterocycles. The van der Waals surface area contributed by atoms with Crippen molar-refractivity contribution in [2.75, 3.05) is 6.61 Å². The zero-order chi connectivity index (χ0) is 15.2. The highest BCUT2D eigenvalue weighted by Gasteiger charge is 2.23. The van der Waals surface area contributed by atoms with Crippen molar-refractivity contribution in [3.8, 4) is 0 Å². The van der Waals surface area contributed by atoms with Gasteiger partial charge in [-0.3, -0.25) is 0 Å². The van der Waals surface area contributed by atoms with Crippen molar-refractivity contribution in [2.45, 2.75) is 32.0 Å². The highest BCUT2D eigenvalue weighted by Crippen LogP contribution is 2.28. The van der Waals surface area contributed by atoms with E-state index >= 15 is 0 Å². The topological polar surface area (TPSA) is 38.7 Å². The van der Waals surface area contributed by atoms with E-state index in [2.05, 4.69) is 0 Å². The number of benzene rings is 1. The molecule has 1 aromatic rings. The van der Waals surface area contributed by atoms with Gasteiger partial charge in [0.15, 0.2) is 6.10 Å². The van der Waals surface area contributed by atoms with Crippen molar-refractivity contribution in [3.63, 3.8) is 0 Å². The molecule has 1 fully saturated rings. The van der Waals surface area contributed by atoms with Crippen molar-refractivity contribution in [1.82, 2.24) is 0 Å². The Morgan fingerprint density at radius 2 is 1.64 bits per heavy atom. The van der Waals surface area contributed by atoms with Gasteiger partial charge in [-0.25, -0.2) is 0 Å². The molecule has 2 aliphatic carbocycles. The van der Waals surface area contributed by atoms with E-state index in [0.29, 0.717) is 30.6 Å². The van der Waals surface area contributed by atoms with Crippen molar-refractivity contribution in [2.24, 2.45) is 5.92 Å². The summed E-state index contributed by atoms with van der Waals surface area (Å²) in [4.78, 5) is 0. The fourth-order valence-electron chi connectivity index (χ4n) is 2.49. The molecule has 0 amide bonds. The SMILES string of the molecule is OC1C(OCc2ccccc2)=CC=CC=C1OCC1CCC1. The van der Waals surface area contributed by atoms with Crippen LogP contribution < -0.4 is 0 Å². The van der Waals surface area contributed by atoms with Gasteiger partial charge in [-0.15, -0.1) is 0 Å². The summed E-state index contributed by atoms with van der Waals surface area (Å²) in [6.07, 6.45) is 10.3. The smallest absolute Gasteiger partial charge is 0.168 e. The van der Waals surface area contributed by atoms with Gasteiger partial charge in [-0.2, -0.15) is 0 Å². The van der Waals surface area contributed by atoms with Crippen LogP contribution in [-0.2, 0) is 16.1 Å². The van der Waals surface area contributed by atoms with E-state index in [4.69, 9.17) is 9.47 Å². The van der Waals surface area contributed by atoms with Gasteiger partial charge in [-0.05, 0) is 36.5 Å². The molecule has 0 bridgehead atoms. The van der Waals surface area contributed by atoms with Crippen LogP contribution in [0.4, 0.5) is 0 Å². The molecule has 0 spiro atoms. The summed E-state index contributed by atoms with van der Waals surface area (Å²) < 4.78 is 11.6. The molecule has 3 nitrogen and oxygen atoms in total. The van der Waals surface area contributed by atoms with Crippen LogP contribution in [0, 0.1) is 5.92 Å². The van der Waals surface area contributed by atoms with E-state index in [0.717, 1.165) is 5.56 Å². The third-order valence-electron chi connectivity index (χ3n) is 4.13. The predicted octanol–water partition coefficient (Wildman–Crippen LogP) is 3.72. The molecule has 3 heteroatoms. The monoisotopic (exact) mass is 298 g/mol. The second kappa shape index (κ2) is 7.32. The van der Waals surface area contributed by atoms with Crippen LogP contribution in [0.3, 0.4) is 0 Å². The van der Waals surface area contributed by atoms with Crippen LogP contribution in [0.25, 0.3) is 0 Å². The molecule has 0 radical (unpaired) electrons. The third kappa shape index (κ3) is 3.80. The van der Waals surface area contributed by atoms with Gasteiger partial charge < -0.3 is 14.6 Å². The number of hydrogen-bond donors (Lipinski definition) is 1. The first-order valence-electron chi connectivity index (χ1n) is 7.89. The lowest BCUT2D eigenvalue weighted by Gasteiger charge is -2.27. The van der Waals surface area contributed by atoms with Crippen LogP contribution in [0.15, 0.2) is 66.2 Å². The Bertz CT molecular complexity index is 568. The Morgan fingerprint density at radius 1 is 0.955 bits per heavy atom. The molecule has 1 atom stereocenters. The Kier molecular flexibility index (Phi) is 4.96. The average Bonchev–Trinajstić information content (AvgIpc) is 2.67. The molecular formula is C19H22O3. The fraction of sp³-hybridized carbons (Fsp3) is 0.368. The third-order valence-corrected chi connectivity index (χ3v) is 4.13. The molecular weight excluding hydrogens is 276 g/mol. The summed E-state index contributed by atoms with van der Waals surface area (Å²) in [6.45, 7) is 1.12. The zero-order valence-electron chi connectivity index (χ0n) is 12.7. The van der Waals surface area contributed by atoms with Gasteiger partial charge in [0.05, 0.1) is 6.61 Å². The van der Waals surface area contributed by atoms with E-state index in [1.807, 2.05) is 48.6 Å². The quantitative estimate of drug-likeness (QED) is 0.870. The minimum absolute atomic E-state index is 0.438. The molecule has 1 unspecified atom stereocenters. The molecule has 116 valence electrons. The highest BCUT2D eigenvalue weighted by molar-refractivity contribution is 5.28. The normalized spacial score (nSPS) is 21.4. The summed E-state index contributed by atoms with van der Waals surface area (Å²) in [5, 5.41) is 10.5. The summed E-state index contributed by atoms with van der Waals surface area (Å²) in [7, 11) is 0. The molecule has 1 N–H and O–H groups in total. The maximum absolute atomic E-state index is 10.5. The van der Waals surface area contributed by atoms with E-state index in [-0.39, 0.29) is 0 Å². The minimum Gasteiger partial charge on any atom is -0.494 e. The summed E-state index contributed by atoms with van der Waals surface area (Å²) >= 11 is 0. The molecule has 1 aromatic carbocycles. The molecule has 22 heavy (non-hydrogen) atoms. The Labute approximate surface area is 131 Å². The molecule has 0 heterocycles. The van der Waals surface area contributed by atoms with Crippen LogP contribution in [-0.4, -0.2) is 17.8 Å². The first kappa shape index (κ1) is 14.9. The van der Waals surface area contributed by atoms with Crippen LogP contribution >= 0.6 is 0 Å². The Hall–Kier alpha value is -2.00. The van der Waals surface area contributed by atoms with Crippen LogP contribution in [0.5, 0.6) is 0 Å². The average molecular weight is 298 g/mol. The van der Waals surface area contributed by atoms with Gasteiger partial charge in [0.2, 0.25) is 0 Å². The second-order valence-electron chi connectivity index (χ2n) is 5.81.